The first kappa shape index (κ1) is 14.9. The van der Waals surface area contributed by atoms with Crippen LogP contribution in [0.4, 0.5) is 15.8 Å². The zero-order valence-corrected chi connectivity index (χ0v) is 11.8. The molecule has 0 unspecified atom stereocenters. The largest absolute Gasteiger partial charge is 0.399 e. The zero-order valence-electron chi connectivity index (χ0n) is 11.0. The predicted octanol–water partition coefficient (Wildman–Crippen LogP) is 1.46. The normalized spacial score (nSPS) is 11.1. The first-order chi connectivity index (χ1) is 9.77. The molecule has 0 saturated heterocycles. The van der Waals surface area contributed by atoms with Gasteiger partial charge in [0.2, 0.25) is 0 Å². The quantitative estimate of drug-likeness (QED) is 0.836. The molecule has 0 bridgehead atoms. The molecule has 3 N–H and O–H groups in total. The van der Waals surface area contributed by atoms with Crippen LogP contribution in [-0.2, 0) is 9.84 Å². The summed E-state index contributed by atoms with van der Waals surface area (Å²) in [7, 11) is -3.41. The fourth-order valence-corrected chi connectivity index (χ4v) is 2.15. The molecule has 0 fully saturated rings. The Hall–Kier alpha value is -2.48. The molecule has 1 heterocycles. The van der Waals surface area contributed by atoms with Gasteiger partial charge in [-0.3, -0.25) is 4.79 Å². The molecular weight excluding hydrogens is 297 g/mol. The van der Waals surface area contributed by atoms with E-state index >= 15 is 0 Å². The minimum absolute atomic E-state index is 0.112. The van der Waals surface area contributed by atoms with Gasteiger partial charge in [0.1, 0.15) is 5.82 Å². The summed E-state index contributed by atoms with van der Waals surface area (Å²) in [6.45, 7) is 0. The van der Waals surface area contributed by atoms with Gasteiger partial charge in [0.15, 0.2) is 14.9 Å². The van der Waals surface area contributed by atoms with Crippen LogP contribution >= 0.6 is 0 Å². The number of hydrogen-bond donors (Lipinski definition) is 2. The minimum atomic E-state index is -3.41. The van der Waals surface area contributed by atoms with Crippen molar-refractivity contribution in [3.05, 3.63) is 47.9 Å². The summed E-state index contributed by atoms with van der Waals surface area (Å²) in [5, 5.41) is 2.31. The van der Waals surface area contributed by atoms with Crippen molar-refractivity contribution in [2.24, 2.45) is 0 Å². The number of halogens is 1. The molecular formula is C13H12FN3O3S. The Labute approximate surface area is 120 Å². The molecule has 1 aromatic carbocycles. The van der Waals surface area contributed by atoms with Gasteiger partial charge in [0, 0.05) is 11.9 Å². The van der Waals surface area contributed by atoms with E-state index in [1.807, 2.05) is 0 Å². The number of carbonyl (C=O) groups is 1. The molecule has 21 heavy (non-hydrogen) atoms. The van der Waals surface area contributed by atoms with Crippen LogP contribution in [0.1, 0.15) is 10.4 Å². The Balaban J connectivity index is 2.20. The lowest BCUT2D eigenvalue weighted by atomic mass is 10.2. The number of aromatic nitrogens is 1. The maximum Gasteiger partial charge on any atom is 0.258 e. The smallest absolute Gasteiger partial charge is 0.258 e. The Morgan fingerprint density at radius 2 is 2.00 bits per heavy atom. The summed E-state index contributed by atoms with van der Waals surface area (Å²) in [5.41, 5.74) is 5.69. The standard InChI is InChI=1S/C13H12FN3O3S/c1-21(19,20)12-5-3-9(7-16-12)17-13(18)10-4-2-8(15)6-11(10)14/h2-7H,15H2,1H3,(H,17,18). The highest BCUT2D eigenvalue weighted by molar-refractivity contribution is 7.90. The van der Waals surface area contributed by atoms with Crippen LogP contribution in [0.5, 0.6) is 0 Å². The summed E-state index contributed by atoms with van der Waals surface area (Å²) < 4.78 is 36.1. The number of carbonyl (C=O) groups excluding carboxylic acids is 1. The number of nitrogens with one attached hydrogen (secondary N) is 1. The van der Waals surface area contributed by atoms with E-state index in [0.29, 0.717) is 0 Å². The molecule has 8 heteroatoms. The average molecular weight is 309 g/mol. The van der Waals surface area contributed by atoms with Crippen LogP contribution < -0.4 is 11.1 Å². The van der Waals surface area contributed by atoms with Crippen molar-refractivity contribution in [2.45, 2.75) is 5.03 Å². The van der Waals surface area contributed by atoms with E-state index in [0.717, 1.165) is 12.3 Å². The van der Waals surface area contributed by atoms with Gasteiger partial charge in [-0.15, -0.1) is 0 Å². The highest BCUT2D eigenvalue weighted by Gasteiger charge is 2.13. The molecule has 2 rings (SSSR count). The highest BCUT2D eigenvalue weighted by atomic mass is 32.2. The third-order valence-corrected chi connectivity index (χ3v) is 3.61. The lowest BCUT2D eigenvalue weighted by Gasteiger charge is -2.07. The summed E-state index contributed by atoms with van der Waals surface area (Å²) in [6.07, 6.45) is 2.21. The van der Waals surface area contributed by atoms with E-state index in [1.54, 1.807) is 0 Å². The van der Waals surface area contributed by atoms with Crippen LogP contribution in [0.25, 0.3) is 0 Å². The number of nitrogens with two attached hydrogens (primary N) is 1. The number of amides is 1. The maximum atomic E-state index is 13.6. The van der Waals surface area contributed by atoms with Crippen molar-refractivity contribution in [1.82, 2.24) is 4.98 Å². The van der Waals surface area contributed by atoms with E-state index < -0.39 is 21.6 Å². The Morgan fingerprint density at radius 1 is 1.29 bits per heavy atom. The molecule has 0 aliphatic heterocycles. The van der Waals surface area contributed by atoms with Crippen molar-refractivity contribution < 1.29 is 17.6 Å². The van der Waals surface area contributed by atoms with Gasteiger partial charge < -0.3 is 11.1 Å². The number of anilines is 2. The van der Waals surface area contributed by atoms with Gasteiger partial charge in [0.25, 0.3) is 5.91 Å². The van der Waals surface area contributed by atoms with Gasteiger partial charge in [-0.1, -0.05) is 0 Å². The number of pyridine rings is 1. The van der Waals surface area contributed by atoms with Crippen LogP contribution in [0.3, 0.4) is 0 Å². The van der Waals surface area contributed by atoms with E-state index in [9.17, 15) is 17.6 Å². The first-order valence-electron chi connectivity index (χ1n) is 5.80. The lowest BCUT2D eigenvalue weighted by Crippen LogP contribution is -2.14. The van der Waals surface area contributed by atoms with Gasteiger partial charge in [-0.05, 0) is 30.3 Å². The molecule has 0 atom stereocenters. The summed E-state index contributed by atoms with van der Waals surface area (Å²) in [5.74, 6) is -1.42. The van der Waals surface area contributed by atoms with Crippen LogP contribution in [0, 0.1) is 5.82 Å². The van der Waals surface area contributed by atoms with Crippen molar-refractivity contribution in [3.63, 3.8) is 0 Å². The summed E-state index contributed by atoms with van der Waals surface area (Å²) in [6, 6.07) is 6.34. The van der Waals surface area contributed by atoms with Gasteiger partial charge >= 0.3 is 0 Å². The van der Waals surface area contributed by atoms with Gasteiger partial charge in [-0.25, -0.2) is 17.8 Å². The van der Waals surface area contributed by atoms with Crippen molar-refractivity contribution >= 4 is 27.1 Å². The molecule has 0 aliphatic rings. The predicted molar refractivity (Wildman–Crippen MR) is 76.1 cm³/mol. The second-order valence-electron chi connectivity index (χ2n) is 4.35. The summed E-state index contributed by atoms with van der Waals surface area (Å²) in [4.78, 5) is 15.6. The molecule has 2 aromatic rings. The molecule has 0 spiro atoms. The number of sulfone groups is 1. The second-order valence-corrected chi connectivity index (χ2v) is 6.31. The summed E-state index contributed by atoms with van der Waals surface area (Å²) >= 11 is 0. The monoisotopic (exact) mass is 309 g/mol. The van der Waals surface area contributed by atoms with Crippen molar-refractivity contribution in [3.8, 4) is 0 Å². The molecule has 0 saturated carbocycles. The van der Waals surface area contributed by atoms with Crippen molar-refractivity contribution in [2.75, 3.05) is 17.3 Å². The number of nitrogen functional groups attached to an aromatic ring is 1. The number of nitrogens with zero attached hydrogens (tertiary/aromatic N) is 1. The third-order valence-electron chi connectivity index (χ3n) is 2.61. The molecule has 0 aliphatic carbocycles. The van der Waals surface area contributed by atoms with Crippen LogP contribution in [0.15, 0.2) is 41.6 Å². The zero-order chi connectivity index (χ0) is 15.6. The highest BCUT2D eigenvalue weighted by Crippen LogP contribution is 2.15. The molecule has 1 amide bonds. The minimum Gasteiger partial charge on any atom is -0.399 e. The van der Waals surface area contributed by atoms with E-state index in [4.69, 9.17) is 5.73 Å². The average Bonchev–Trinajstić information content (AvgIpc) is 2.38. The Bertz CT molecular complexity index is 789. The second kappa shape index (κ2) is 5.49. The molecule has 6 nitrogen and oxygen atoms in total. The van der Waals surface area contributed by atoms with E-state index in [-0.39, 0.29) is 22.0 Å². The topological polar surface area (TPSA) is 102 Å². The third kappa shape index (κ3) is 3.54. The Kier molecular flexibility index (Phi) is 3.90. The van der Waals surface area contributed by atoms with Gasteiger partial charge in [-0.2, -0.15) is 0 Å². The first-order valence-corrected chi connectivity index (χ1v) is 7.69. The molecule has 110 valence electrons. The fraction of sp³-hybridized carbons (Fsp3) is 0.0769. The molecule has 0 radical (unpaired) electrons. The molecule has 1 aromatic heterocycles. The number of benzene rings is 1. The SMILES string of the molecule is CS(=O)(=O)c1ccc(NC(=O)c2ccc(N)cc2F)cn1. The van der Waals surface area contributed by atoms with Gasteiger partial charge in [0.05, 0.1) is 17.4 Å². The van der Waals surface area contributed by atoms with Crippen LogP contribution in [0.2, 0.25) is 0 Å². The van der Waals surface area contributed by atoms with Crippen molar-refractivity contribution in [1.29, 1.82) is 0 Å². The number of hydrogen-bond acceptors (Lipinski definition) is 5. The van der Waals surface area contributed by atoms with Crippen LogP contribution in [-0.4, -0.2) is 25.6 Å². The Morgan fingerprint density at radius 3 is 2.52 bits per heavy atom. The van der Waals surface area contributed by atoms with E-state index in [2.05, 4.69) is 10.3 Å². The number of rotatable bonds is 3. The fourth-order valence-electron chi connectivity index (χ4n) is 1.59. The van der Waals surface area contributed by atoms with E-state index in [1.165, 1.54) is 30.5 Å². The lowest BCUT2D eigenvalue weighted by molar-refractivity contribution is 0.102. The maximum absolute atomic E-state index is 13.6.